The quantitative estimate of drug-likeness (QED) is 0.456. The lowest BCUT2D eigenvalue weighted by Crippen LogP contribution is -2.56. The van der Waals surface area contributed by atoms with Crippen LogP contribution in [0.25, 0.3) is 0 Å². The van der Waals surface area contributed by atoms with E-state index in [2.05, 4.69) is 36.8 Å². The number of carbonyl (C=O) groups excluding carboxylic acids is 2. The topological polar surface area (TPSA) is 109 Å². The van der Waals surface area contributed by atoms with Crippen molar-refractivity contribution in [1.29, 1.82) is 0 Å². The molecule has 0 aliphatic carbocycles. The van der Waals surface area contributed by atoms with Crippen molar-refractivity contribution in [3.05, 3.63) is 22.2 Å². The number of likely N-dealkylation sites (tertiary alicyclic amines) is 1. The monoisotopic (exact) mass is 481 g/mol. The highest BCUT2D eigenvalue weighted by Crippen LogP contribution is 2.30. The highest BCUT2D eigenvalue weighted by molar-refractivity contribution is 9.10. The van der Waals surface area contributed by atoms with Gasteiger partial charge in [-0.05, 0) is 66.7 Å². The van der Waals surface area contributed by atoms with E-state index < -0.39 is 0 Å². The van der Waals surface area contributed by atoms with Gasteiger partial charge in [0.25, 0.3) is 5.91 Å². The van der Waals surface area contributed by atoms with Crippen LogP contribution in [-0.2, 0) is 4.79 Å². The van der Waals surface area contributed by atoms with E-state index in [0.717, 1.165) is 51.9 Å². The van der Waals surface area contributed by atoms with E-state index in [1.54, 1.807) is 19.2 Å². The van der Waals surface area contributed by atoms with Gasteiger partial charge < -0.3 is 26.4 Å². The third-order valence-corrected chi connectivity index (χ3v) is 6.85. The Balaban J connectivity index is 1.61. The van der Waals surface area contributed by atoms with Crippen molar-refractivity contribution in [3.8, 4) is 5.75 Å². The number of rotatable bonds is 6. The van der Waals surface area contributed by atoms with Crippen LogP contribution in [0, 0.1) is 5.92 Å². The van der Waals surface area contributed by atoms with Crippen LogP contribution in [0.3, 0.4) is 0 Å². The highest BCUT2D eigenvalue weighted by atomic mass is 79.9. The zero-order valence-electron chi connectivity index (χ0n) is 17.7. The molecule has 9 heteroatoms. The first-order chi connectivity index (χ1) is 14.4. The number of nitrogens with zero attached hydrogens (tertiary/aromatic N) is 1. The average Bonchev–Trinajstić information content (AvgIpc) is 2.77. The first-order valence-electron chi connectivity index (χ1n) is 10.5. The van der Waals surface area contributed by atoms with Crippen molar-refractivity contribution in [3.63, 3.8) is 0 Å². The summed E-state index contributed by atoms with van der Waals surface area (Å²) in [6.07, 6.45) is 3.65. The number of hydrogen-bond donors (Lipinski definition) is 4. The minimum Gasteiger partial charge on any atom is -0.496 e. The molecular weight excluding hydrogens is 450 g/mol. The van der Waals surface area contributed by atoms with Crippen molar-refractivity contribution in [1.82, 2.24) is 20.9 Å². The van der Waals surface area contributed by atoms with Crippen LogP contribution in [0.5, 0.6) is 5.75 Å². The first-order valence-corrected chi connectivity index (χ1v) is 11.3. The summed E-state index contributed by atoms with van der Waals surface area (Å²) in [7, 11) is 3.24. The fourth-order valence-electron chi connectivity index (χ4n) is 4.49. The maximum Gasteiger partial charge on any atom is 0.255 e. The largest absolute Gasteiger partial charge is 0.496 e. The lowest BCUT2D eigenvalue weighted by molar-refractivity contribution is -0.129. The molecular formula is C21H32BrN5O3. The standard InChI is InChI=1S/C21H32BrN5O3/c1-24-21(29)19(13-3-7-25-8-4-13)27-9-5-14(6-10-27)26-20(28)15-11-16(22)17(23)12-18(15)30-2/h11-14,19,25H,3-10,23H2,1-2H3,(H,24,29)(H,26,28). The van der Waals surface area contributed by atoms with Gasteiger partial charge in [-0.2, -0.15) is 0 Å². The van der Waals surface area contributed by atoms with Gasteiger partial charge in [0.1, 0.15) is 5.75 Å². The third-order valence-electron chi connectivity index (χ3n) is 6.17. The van der Waals surface area contributed by atoms with Crippen LogP contribution in [0.2, 0.25) is 0 Å². The van der Waals surface area contributed by atoms with Crippen LogP contribution in [0.1, 0.15) is 36.0 Å². The Morgan fingerprint density at radius 3 is 2.50 bits per heavy atom. The predicted octanol–water partition coefficient (Wildman–Crippen LogP) is 1.35. The van der Waals surface area contributed by atoms with E-state index in [9.17, 15) is 9.59 Å². The number of nitrogen functional groups attached to an aromatic ring is 1. The van der Waals surface area contributed by atoms with E-state index >= 15 is 0 Å². The molecule has 1 unspecified atom stereocenters. The molecule has 2 saturated heterocycles. The second kappa shape index (κ2) is 10.5. The zero-order valence-corrected chi connectivity index (χ0v) is 19.3. The van der Waals surface area contributed by atoms with Crippen molar-refractivity contribution in [2.24, 2.45) is 5.92 Å². The molecule has 2 fully saturated rings. The van der Waals surface area contributed by atoms with E-state index in [1.165, 1.54) is 7.11 Å². The minimum atomic E-state index is -0.174. The van der Waals surface area contributed by atoms with Gasteiger partial charge in [-0.3, -0.25) is 14.5 Å². The highest BCUT2D eigenvalue weighted by Gasteiger charge is 2.36. The Morgan fingerprint density at radius 2 is 1.90 bits per heavy atom. The molecule has 2 amide bonds. The number of carbonyl (C=O) groups is 2. The molecule has 5 N–H and O–H groups in total. The molecule has 2 aliphatic rings. The number of benzene rings is 1. The number of piperidine rings is 2. The summed E-state index contributed by atoms with van der Waals surface area (Å²) in [4.78, 5) is 27.7. The lowest BCUT2D eigenvalue weighted by atomic mass is 9.87. The van der Waals surface area contributed by atoms with Crippen LogP contribution in [0.4, 0.5) is 5.69 Å². The first kappa shape index (κ1) is 22.8. The van der Waals surface area contributed by atoms with Crippen molar-refractivity contribution >= 4 is 33.4 Å². The number of hydrogen-bond acceptors (Lipinski definition) is 6. The second-order valence-electron chi connectivity index (χ2n) is 8.00. The Labute approximate surface area is 186 Å². The molecule has 1 aromatic carbocycles. The molecule has 166 valence electrons. The number of likely N-dealkylation sites (N-methyl/N-ethyl adjacent to an activating group) is 1. The van der Waals surface area contributed by atoms with Crippen molar-refractivity contribution in [2.75, 3.05) is 46.1 Å². The Morgan fingerprint density at radius 1 is 1.23 bits per heavy atom. The average molecular weight is 482 g/mol. The number of methoxy groups -OCH3 is 1. The fraction of sp³-hybridized carbons (Fsp3) is 0.619. The van der Waals surface area contributed by atoms with E-state index in [4.69, 9.17) is 10.5 Å². The maximum atomic E-state index is 12.8. The number of ether oxygens (including phenoxy) is 1. The van der Waals surface area contributed by atoms with Crippen LogP contribution in [0.15, 0.2) is 16.6 Å². The fourth-order valence-corrected chi connectivity index (χ4v) is 4.83. The summed E-state index contributed by atoms with van der Waals surface area (Å²) in [6.45, 7) is 3.50. The van der Waals surface area contributed by atoms with Gasteiger partial charge in [0.05, 0.1) is 18.7 Å². The van der Waals surface area contributed by atoms with Gasteiger partial charge in [0.2, 0.25) is 5.91 Å². The molecule has 1 atom stereocenters. The summed E-state index contributed by atoms with van der Waals surface area (Å²) >= 11 is 3.38. The Hall–Kier alpha value is -1.84. The predicted molar refractivity (Wildman–Crippen MR) is 121 cm³/mol. The normalized spacial score (nSPS) is 19.8. The molecule has 0 aromatic heterocycles. The summed E-state index contributed by atoms with van der Waals surface area (Å²) in [6, 6.07) is 3.31. The number of nitrogens with two attached hydrogens (primary N) is 1. The molecule has 0 spiro atoms. The molecule has 2 heterocycles. The summed E-state index contributed by atoms with van der Waals surface area (Å²) < 4.78 is 5.99. The maximum absolute atomic E-state index is 12.8. The number of anilines is 1. The third kappa shape index (κ3) is 5.25. The minimum absolute atomic E-state index is 0.0631. The van der Waals surface area contributed by atoms with Crippen molar-refractivity contribution < 1.29 is 14.3 Å². The number of amides is 2. The van der Waals surface area contributed by atoms with Crippen LogP contribution < -0.4 is 26.4 Å². The Kier molecular flexibility index (Phi) is 7.96. The lowest BCUT2D eigenvalue weighted by Gasteiger charge is -2.41. The molecule has 0 bridgehead atoms. The smallest absolute Gasteiger partial charge is 0.255 e. The van der Waals surface area contributed by atoms with Gasteiger partial charge in [0, 0.05) is 42.4 Å². The molecule has 1 aromatic rings. The van der Waals surface area contributed by atoms with Gasteiger partial charge in [-0.1, -0.05) is 0 Å². The van der Waals surface area contributed by atoms with Crippen LogP contribution >= 0.6 is 15.9 Å². The van der Waals surface area contributed by atoms with E-state index in [0.29, 0.717) is 27.4 Å². The van der Waals surface area contributed by atoms with Crippen LogP contribution in [-0.4, -0.2) is 69.1 Å². The van der Waals surface area contributed by atoms with E-state index in [-0.39, 0.29) is 23.9 Å². The Bertz CT molecular complexity index is 761. The second-order valence-corrected chi connectivity index (χ2v) is 8.86. The summed E-state index contributed by atoms with van der Waals surface area (Å²) in [5.41, 5.74) is 6.87. The van der Waals surface area contributed by atoms with Gasteiger partial charge in [0.15, 0.2) is 0 Å². The zero-order chi connectivity index (χ0) is 21.7. The molecule has 0 saturated carbocycles. The molecule has 3 rings (SSSR count). The van der Waals surface area contributed by atoms with Gasteiger partial charge >= 0.3 is 0 Å². The summed E-state index contributed by atoms with van der Waals surface area (Å²) in [5, 5.41) is 9.34. The molecule has 0 radical (unpaired) electrons. The van der Waals surface area contributed by atoms with Gasteiger partial charge in [-0.15, -0.1) is 0 Å². The van der Waals surface area contributed by atoms with Crippen molar-refractivity contribution in [2.45, 2.75) is 37.8 Å². The van der Waals surface area contributed by atoms with E-state index in [1.807, 2.05) is 0 Å². The molecule has 30 heavy (non-hydrogen) atoms. The SMILES string of the molecule is CNC(=O)C(C1CCNCC1)N1CCC(NC(=O)c2cc(Br)c(N)cc2OC)CC1. The van der Waals surface area contributed by atoms with Gasteiger partial charge in [-0.25, -0.2) is 0 Å². The molecule has 8 nitrogen and oxygen atoms in total. The number of nitrogens with one attached hydrogen (secondary N) is 3. The summed E-state index contributed by atoms with van der Waals surface area (Å²) in [5.74, 6) is 0.748. The number of halogens is 1. The molecule has 2 aliphatic heterocycles.